The molecule has 0 aromatic rings. The third-order valence-corrected chi connectivity index (χ3v) is 3.10. The Hall–Kier alpha value is -0.160. The van der Waals surface area contributed by atoms with Gasteiger partial charge in [0.05, 0.1) is 19.3 Å². The molecule has 1 aliphatic rings. The molecule has 1 fully saturated rings. The van der Waals surface area contributed by atoms with Crippen LogP contribution in [0.1, 0.15) is 25.7 Å². The zero-order valence-corrected chi connectivity index (χ0v) is 8.65. The van der Waals surface area contributed by atoms with E-state index in [1.807, 2.05) is 0 Å². The molecule has 0 spiro atoms. The molecule has 0 radical (unpaired) electrons. The van der Waals surface area contributed by atoms with Crippen molar-refractivity contribution in [2.45, 2.75) is 37.8 Å². The number of rotatable bonds is 5. The van der Waals surface area contributed by atoms with Crippen LogP contribution in [0, 0.1) is 5.92 Å². The molecular formula is C10H22N2O2. The summed E-state index contributed by atoms with van der Waals surface area (Å²) in [5.41, 5.74) is 5.69. The van der Waals surface area contributed by atoms with Gasteiger partial charge >= 0.3 is 0 Å². The average molecular weight is 202 g/mol. The van der Waals surface area contributed by atoms with Crippen molar-refractivity contribution in [3.05, 3.63) is 0 Å². The minimum absolute atomic E-state index is 0.00963. The number of aliphatic hydroxyl groups is 2. The molecule has 1 aliphatic carbocycles. The lowest BCUT2D eigenvalue weighted by Gasteiger charge is -2.33. The summed E-state index contributed by atoms with van der Waals surface area (Å²) >= 11 is 0. The van der Waals surface area contributed by atoms with Gasteiger partial charge in [0.2, 0.25) is 0 Å². The second-order valence-electron chi connectivity index (χ2n) is 4.12. The number of nitrogens with one attached hydrogen (secondary N) is 1. The summed E-state index contributed by atoms with van der Waals surface area (Å²) in [5.74, 6) is 0.504. The monoisotopic (exact) mass is 202 g/mol. The highest BCUT2D eigenvalue weighted by atomic mass is 16.3. The minimum Gasteiger partial charge on any atom is -0.395 e. The van der Waals surface area contributed by atoms with E-state index in [-0.39, 0.29) is 19.3 Å². The first kappa shape index (κ1) is 11.9. The van der Waals surface area contributed by atoms with Gasteiger partial charge in [-0.1, -0.05) is 12.8 Å². The Bertz CT molecular complexity index is 151. The summed E-state index contributed by atoms with van der Waals surface area (Å²) in [5, 5.41) is 21.2. The maximum Gasteiger partial charge on any atom is 0.0607 e. The summed E-state index contributed by atoms with van der Waals surface area (Å²) in [6.45, 7) is 0.676. The molecule has 0 heterocycles. The average Bonchev–Trinajstić information content (AvgIpc) is 2.26. The van der Waals surface area contributed by atoms with E-state index in [9.17, 15) is 0 Å². The predicted molar refractivity (Wildman–Crippen MR) is 55.9 cm³/mol. The first-order valence-electron chi connectivity index (χ1n) is 5.49. The first-order valence-corrected chi connectivity index (χ1v) is 5.49. The Morgan fingerprint density at radius 3 is 2.43 bits per heavy atom. The highest BCUT2D eigenvalue weighted by molar-refractivity contribution is 4.84. The lowest BCUT2D eigenvalue weighted by Crippen LogP contribution is -2.49. The first-order chi connectivity index (χ1) is 6.81. The van der Waals surface area contributed by atoms with Crippen molar-refractivity contribution in [2.24, 2.45) is 11.7 Å². The molecule has 84 valence electrons. The van der Waals surface area contributed by atoms with Crippen molar-refractivity contribution >= 4 is 0 Å². The van der Waals surface area contributed by atoms with Crippen LogP contribution >= 0.6 is 0 Å². The van der Waals surface area contributed by atoms with E-state index in [1.165, 1.54) is 12.8 Å². The van der Waals surface area contributed by atoms with Gasteiger partial charge in [-0.25, -0.2) is 0 Å². The Morgan fingerprint density at radius 1 is 1.21 bits per heavy atom. The molecule has 5 N–H and O–H groups in total. The third-order valence-electron chi connectivity index (χ3n) is 3.10. The molecule has 0 aliphatic heterocycles. The van der Waals surface area contributed by atoms with Crippen molar-refractivity contribution in [2.75, 3.05) is 19.8 Å². The molecule has 4 nitrogen and oxygen atoms in total. The molecule has 0 aromatic heterocycles. The minimum atomic E-state index is -0.188. The maximum atomic E-state index is 8.96. The fourth-order valence-corrected chi connectivity index (χ4v) is 2.18. The van der Waals surface area contributed by atoms with Gasteiger partial charge in [-0.2, -0.15) is 0 Å². The fraction of sp³-hybridized carbons (Fsp3) is 1.00. The van der Waals surface area contributed by atoms with E-state index >= 15 is 0 Å². The summed E-state index contributed by atoms with van der Waals surface area (Å²) < 4.78 is 0. The molecule has 2 atom stereocenters. The summed E-state index contributed by atoms with van der Waals surface area (Å²) in [4.78, 5) is 0. The topological polar surface area (TPSA) is 78.5 Å². The number of hydrogen-bond acceptors (Lipinski definition) is 4. The van der Waals surface area contributed by atoms with Crippen molar-refractivity contribution in [3.8, 4) is 0 Å². The fourth-order valence-electron chi connectivity index (χ4n) is 2.18. The molecule has 1 rings (SSSR count). The van der Waals surface area contributed by atoms with Gasteiger partial charge in [0.25, 0.3) is 0 Å². The van der Waals surface area contributed by atoms with Gasteiger partial charge in [0.15, 0.2) is 0 Å². The highest BCUT2D eigenvalue weighted by Gasteiger charge is 2.25. The highest BCUT2D eigenvalue weighted by Crippen LogP contribution is 2.23. The van der Waals surface area contributed by atoms with Gasteiger partial charge in [-0.05, 0) is 25.3 Å². The zero-order valence-electron chi connectivity index (χ0n) is 8.65. The van der Waals surface area contributed by atoms with E-state index in [0.29, 0.717) is 18.5 Å². The largest absolute Gasteiger partial charge is 0.395 e. The molecule has 4 heteroatoms. The Labute approximate surface area is 85.5 Å². The van der Waals surface area contributed by atoms with Crippen molar-refractivity contribution in [3.63, 3.8) is 0 Å². The Kier molecular flexibility index (Phi) is 5.40. The van der Waals surface area contributed by atoms with E-state index in [1.54, 1.807) is 0 Å². The SMILES string of the molecule is NCC1CCCCC1NC(CO)CO. The summed E-state index contributed by atoms with van der Waals surface area (Å²) in [6, 6.07) is 0.185. The van der Waals surface area contributed by atoms with Crippen LogP contribution in [0.15, 0.2) is 0 Å². The Balaban J connectivity index is 2.39. The van der Waals surface area contributed by atoms with Gasteiger partial charge < -0.3 is 21.3 Å². The molecule has 14 heavy (non-hydrogen) atoms. The van der Waals surface area contributed by atoms with Crippen molar-refractivity contribution < 1.29 is 10.2 Å². The molecule has 0 amide bonds. The van der Waals surface area contributed by atoms with Crippen LogP contribution in [0.2, 0.25) is 0 Å². The lowest BCUT2D eigenvalue weighted by atomic mass is 9.84. The summed E-state index contributed by atoms with van der Waals surface area (Å²) in [6.07, 6.45) is 4.75. The number of hydrogen-bond donors (Lipinski definition) is 4. The Morgan fingerprint density at radius 2 is 1.86 bits per heavy atom. The smallest absolute Gasteiger partial charge is 0.0607 e. The van der Waals surface area contributed by atoms with Gasteiger partial charge in [0, 0.05) is 6.04 Å². The van der Waals surface area contributed by atoms with Crippen LogP contribution in [-0.2, 0) is 0 Å². The molecule has 0 aromatic carbocycles. The van der Waals surface area contributed by atoms with E-state index in [4.69, 9.17) is 15.9 Å². The van der Waals surface area contributed by atoms with Gasteiger partial charge in [-0.3, -0.25) is 0 Å². The van der Waals surface area contributed by atoms with Crippen molar-refractivity contribution in [1.82, 2.24) is 5.32 Å². The van der Waals surface area contributed by atoms with Gasteiger partial charge in [-0.15, -0.1) is 0 Å². The second kappa shape index (κ2) is 6.35. The normalized spacial score (nSPS) is 28.3. The van der Waals surface area contributed by atoms with E-state index < -0.39 is 0 Å². The predicted octanol–water partition coefficient (Wildman–Crippen LogP) is -0.553. The molecule has 2 unspecified atom stereocenters. The lowest BCUT2D eigenvalue weighted by molar-refractivity contribution is 0.140. The van der Waals surface area contributed by atoms with Gasteiger partial charge in [0.1, 0.15) is 0 Å². The standard InChI is InChI=1S/C10H22N2O2/c11-5-8-3-1-2-4-10(8)12-9(6-13)7-14/h8-10,12-14H,1-7,11H2. The van der Waals surface area contributed by atoms with Crippen LogP contribution in [0.5, 0.6) is 0 Å². The molecule has 0 saturated heterocycles. The number of aliphatic hydroxyl groups excluding tert-OH is 2. The molecular weight excluding hydrogens is 180 g/mol. The van der Waals surface area contributed by atoms with E-state index in [2.05, 4.69) is 5.32 Å². The maximum absolute atomic E-state index is 8.96. The third kappa shape index (κ3) is 3.20. The zero-order chi connectivity index (χ0) is 10.4. The second-order valence-corrected chi connectivity index (χ2v) is 4.12. The van der Waals surface area contributed by atoms with Crippen LogP contribution in [0.4, 0.5) is 0 Å². The molecule has 1 saturated carbocycles. The van der Waals surface area contributed by atoms with Crippen LogP contribution in [-0.4, -0.2) is 42.1 Å². The van der Waals surface area contributed by atoms with E-state index in [0.717, 1.165) is 12.8 Å². The van der Waals surface area contributed by atoms with Crippen LogP contribution in [0.25, 0.3) is 0 Å². The quantitative estimate of drug-likeness (QED) is 0.482. The summed E-state index contributed by atoms with van der Waals surface area (Å²) in [7, 11) is 0. The number of nitrogens with two attached hydrogens (primary N) is 1. The molecule has 0 bridgehead atoms. The van der Waals surface area contributed by atoms with Crippen LogP contribution < -0.4 is 11.1 Å². The van der Waals surface area contributed by atoms with Crippen LogP contribution in [0.3, 0.4) is 0 Å². The van der Waals surface area contributed by atoms with Crippen molar-refractivity contribution in [1.29, 1.82) is 0 Å².